The summed E-state index contributed by atoms with van der Waals surface area (Å²) in [5, 5.41) is 2.39. The number of rotatable bonds is 5. The second-order valence-corrected chi connectivity index (χ2v) is 7.07. The van der Waals surface area contributed by atoms with Gasteiger partial charge in [0.1, 0.15) is 11.9 Å². The molecule has 0 radical (unpaired) electrons. The zero-order chi connectivity index (χ0) is 20.4. The van der Waals surface area contributed by atoms with Crippen molar-refractivity contribution in [1.82, 2.24) is 4.90 Å². The van der Waals surface area contributed by atoms with Crippen molar-refractivity contribution in [1.29, 1.82) is 0 Å². The van der Waals surface area contributed by atoms with Crippen LogP contribution in [-0.4, -0.2) is 41.2 Å². The van der Waals surface area contributed by atoms with Gasteiger partial charge in [0.25, 0.3) is 5.91 Å². The summed E-state index contributed by atoms with van der Waals surface area (Å²) in [5.74, 6) is -3.80. The summed E-state index contributed by atoms with van der Waals surface area (Å²) in [6, 6.07) is 2.29. The van der Waals surface area contributed by atoms with Crippen molar-refractivity contribution in [3.05, 3.63) is 41.2 Å². The number of likely N-dealkylation sites (tertiary alicyclic amines) is 1. The SMILES string of the molecule is C[C@@H](C(=O)OCC(=O)Nc1ccc(F)cc1Cl)N1C(=O)[C@@H]2CC=CC[C@H]2C1=O. The first kappa shape index (κ1) is 20.0. The third-order valence-electron chi connectivity index (χ3n) is 4.82. The third-order valence-corrected chi connectivity index (χ3v) is 5.13. The van der Waals surface area contributed by atoms with E-state index in [1.807, 2.05) is 12.2 Å². The fraction of sp³-hybridized carbons (Fsp3) is 0.368. The largest absolute Gasteiger partial charge is 0.454 e. The van der Waals surface area contributed by atoms with Crippen LogP contribution in [0.3, 0.4) is 0 Å². The highest BCUT2D eigenvalue weighted by Crippen LogP contribution is 2.36. The van der Waals surface area contributed by atoms with Crippen LogP contribution in [0.4, 0.5) is 10.1 Å². The zero-order valence-corrected chi connectivity index (χ0v) is 15.7. The standard InChI is InChI=1S/C19H18ClFN2O5/c1-10(23-17(25)12-4-2-3-5-13(12)18(23)26)19(27)28-9-16(24)22-15-7-6-11(21)8-14(15)20/h2-3,6-8,10,12-13H,4-5,9H2,1H3,(H,22,24)/t10-,12+,13+/m0/s1. The predicted octanol–water partition coefficient (Wildman–Crippen LogP) is 2.30. The Hall–Kier alpha value is -2.74. The molecular weight excluding hydrogens is 391 g/mol. The Kier molecular flexibility index (Phi) is 5.79. The monoisotopic (exact) mass is 408 g/mol. The maximum Gasteiger partial charge on any atom is 0.329 e. The lowest BCUT2D eigenvalue weighted by Gasteiger charge is -2.21. The van der Waals surface area contributed by atoms with E-state index < -0.39 is 54.0 Å². The molecular formula is C19H18ClFN2O5. The Morgan fingerprint density at radius 1 is 1.25 bits per heavy atom. The first-order chi connectivity index (χ1) is 13.3. The van der Waals surface area contributed by atoms with Crippen LogP contribution in [0.15, 0.2) is 30.4 Å². The molecule has 3 atom stereocenters. The number of fused-ring (bicyclic) bond motifs is 1. The van der Waals surface area contributed by atoms with Gasteiger partial charge in [0, 0.05) is 0 Å². The molecule has 2 aliphatic rings. The van der Waals surface area contributed by atoms with E-state index in [0.29, 0.717) is 12.8 Å². The topological polar surface area (TPSA) is 92.8 Å². The summed E-state index contributed by atoms with van der Waals surface area (Å²) in [6.07, 6.45) is 4.64. The number of halogens is 2. The Morgan fingerprint density at radius 2 is 1.86 bits per heavy atom. The summed E-state index contributed by atoms with van der Waals surface area (Å²) in [7, 11) is 0. The maximum atomic E-state index is 13.0. The van der Waals surface area contributed by atoms with Gasteiger partial charge in [-0.1, -0.05) is 23.8 Å². The second-order valence-electron chi connectivity index (χ2n) is 6.66. The van der Waals surface area contributed by atoms with Crippen LogP contribution in [0, 0.1) is 17.7 Å². The normalized spacial score (nSPS) is 22.0. The molecule has 1 N–H and O–H groups in total. The van der Waals surface area contributed by atoms with Gasteiger partial charge in [-0.25, -0.2) is 9.18 Å². The van der Waals surface area contributed by atoms with Crippen LogP contribution in [0.2, 0.25) is 5.02 Å². The highest BCUT2D eigenvalue weighted by Gasteiger charge is 2.50. The summed E-state index contributed by atoms with van der Waals surface area (Å²) < 4.78 is 18.0. The number of nitrogens with one attached hydrogen (secondary N) is 1. The Morgan fingerprint density at radius 3 is 2.43 bits per heavy atom. The van der Waals surface area contributed by atoms with E-state index in [4.69, 9.17) is 16.3 Å². The maximum absolute atomic E-state index is 13.0. The number of hydrogen-bond acceptors (Lipinski definition) is 5. The molecule has 7 nitrogen and oxygen atoms in total. The number of esters is 1. The van der Waals surface area contributed by atoms with Crippen molar-refractivity contribution in [2.75, 3.05) is 11.9 Å². The van der Waals surface area contributed by atoms with E-state index in [1.165, 1.54) is 13.0 Å². The molecule has 1 aliphatic carbocycles. The van der Waals surface area contributed by atoms with Gasteiger partial charge in [-0.05, 0) is 38.0 Å². The van der Waals surface area contributed by atoms with Crippen LogP contribution in [0.25, 0.3) is 0 Å². The van der Waals surface area contributed by atoms with Crippen molar-refractivity contribution in [3.63, 3.8) is 0 Å². The highest BCUT2D eigenvalue weighted by molar-refractivity contribution is 6.33. The predicted molar refractivity (Wildman–Crippen MR) is 97.7 cm³/mol. The van der Waals surface area contributed by atoms with Gasteiger partial charge in [0.15, 0.2) is 6.61 Å². The van der Waals surface area contributed by atoms with Crippen LogP contribution >= 0.6 is 11.6 Å². The lowest BCUT2D eigenvalue weighted by atomic mass is 9.85. The van der Waals surface area contributed by atoms with Gasteiger partial charge in [0.2, 0.25) is 11.8 Å². The molecule has 0 spiro atoms. The molecule has 9 heteroatoms. The van der Waals surface area contributed by atoms with Crippen molar-refractivity contribution in [2.24, 2.45) is 11.8 Å². The van der Waals surface area contributed by atoms with Crippen molar-refractivity contribution >= 4 is 41.0 Å². The molecule has 0 bridgehead atoms. The molecule has 3 rings (SSSR count). The third kappa shape index (κ3) is 3.91. The average molecular weight is 409 g/mol. The second kappa shape index (κ2) is 8.10. The molecule has 1 heterocycles. The number of hydrogen-bond donors (Lipinski definition) is 1. The summed E-state index contributed by atoms with van der Waals surface area (Å²) in [4.78, 5) is 50.1. The Labute approximate surface area is 165 Å². The number of carbonyl (C=O) groups excluding carboxylic acids is 4. The number of carbonyl (C=O) groups is 4. The minimum atomic E-state index is -1.13. The lowest BCUT2D eigenvalue weighted by Crippen LogP contribution is -2.45. The molecule has 148 valence electrons. The first-order valence-corrected chi connectivity index (χ1v) is 9.11. The van der Waals surface area contributed by atoms with E-state index in [1.54, 1.807) is 0 Å². The molecule has 0 saturated carbocycles. The van der Waals surface area contributed by atoms with Gasteiger partial charge >= 0.3 is 5.97 Å². The Bertz CT molecular complexity index is 846. The van der Waals surface area contributed by atoms with E-state index in [2.05, 4.69) is 5.32 Å². The number of anilines is 1. The lowest BCUT2D eigenvalue weighted by molar-refractivity contribution is -0.159. The summed E-state index contributed by atoms with van der Waals surface area (Å²) in [6.45, 7) is 0.749. The molecule has 0 unspecified atom stereocenters. The van der Waals surface area contributed by atoms with E-state index in [9.17, 15) is 23.6 Å². The van der Waals surface area contributed by atoms with Crippen LogP contribution in [0.5, 0.6) is 0 Å². The van der Waals surface area contributed by atoms with Crippen molar-refractivity contribution in [3.8, 4) is 0 Å². The number of nitrogens with zero attached hydrogens (tertiary/aromatic N) is 1. The van der Waals surface area contributed by atoms with Crippen LogP contribution in [0.1, 0.15) is 19.8 Å². The molecule has 0 aromatic heterocycles. The number of benzene rings is 1. The smallest absolute Gasteiger partial charge is 0.329 e. The fourth-order valence-electron chi connectivity index (χ4n) is 3.35. The van der Waals surface area contributed by atoms with Gasteiger partial charge in [-0.15, -0.1) is 0 Å². The van der Waals surface area contributed by atoms with Crippen LogP contribution in [-0.2, 0) is 23.9 Å². The quantitative estimate of drug-likeness (QED) is 0.458. The summed E-state index contributed by atoms with van der Waals surface area (Å²) in [5.41, 5.74) is 0.165. The molecule has 1 aromatic rings. The van der Waals surface area contributed by atoms with Crippen molar-refractivity contribution < 1.29 is 28.3 Å². The van der Waals surface area contributed by atoms with Crippen molar-refractivity contribution in [2.45, 2.75) is 25.8 Å². The minimum Gasteiger partial charge on any atom is -0.454 e. The van der Waals surface area contributed by atoms with Gasteiger partial charge in [-0.3, -0.25) is 19.3 Å². The van der Waals surface area contributed by atoms with E-state index in [-0.39, 0.29) is 10.7 Å². The van der Waals surface area contributed by atoms with Gasteiger partial charge in [0.05, 0.1) is 22.5 Å². The van der Waals surface area contributed by atoms with Crippen LogP contribution < -0.4 is 5.32 Å². The first-order valence-electron chi connectivity index (χ1n) is 8.73. The number of amides is 3. The molecule has 1 fully saturated rings. The van der Waals surface area contributed by atoms with Gasteiger partial charge in [-0.2, -0.15) is 0 Å². The summed E-state index contributed by atoms with van der Waals surface area (Å²) >= 11 is 5.82. The highest BCUT2D eigenvalue weighted by atomic mass is 35.5. The molecule has 3 amide bonds. The minimum absolute atomic E-state index is 0.00230. The fourth-order valence-corrected chi connectivity index (χ4v) is 3.56. The van der Waals surface area contributed by atoms with Gasteiger partial charge < -0.3 is 10.1 Å². The van der Waals surface area contributed by atoms with E-state index in [0.717, 1.165) is 17.0 Å². The molecule has 28 heavy (non-hydrogen) atoms. The molecule has 1 aliphatic heterocycles. The molecule has 1 aromatic carbocycles. The average Bonchev–Trinajstić information content (AvgIpc) is 2.92. The molecule has 1 saturated heterocycles. The zero-order valence-electron chi connectivity index (χ0n) is 15.0. The van der Waals surface area contributed by atoms with E-state index >= 15 is 0 Å². The number of allylic oxidation sites excluding steroid dienone is 2. The number of ether oxygens (including phenoxy) is 1. The Balaban J connectivity index is 1.56. The number of imide groups is 1.